The van der Waals surface area contributed by atoms with Gasteiger partial charge < -0.3 is 9.64 Å². The van der Waals surface area contributed by atoms with E-state index in [4.69, 9.17) is 4.74 Å². The minimum atomic E-state index is -1.84. The fraction of sp³-hybridized carbons (Fsp3) is 0.381. The molecule has 1 aliphatic rings. The summed E-state index contributed by atoms with van der Waals surface area (Å²) in [7, 11) is 1.62. The van der Waals surface area contributed by atoms with Crippen LogP contribution in [0, 0.1) is 0 Å². The van der Waals surface area contributed by atoms with Crippen LogP contribution in [0.25, 0.3) is 0 Å². The number of ether oxygens (including phenoxy) is 1. The van der Waals surface area contributed by atoms with E-state index in [-0.39, 0.29) is 30.4 Å². The van der Waals surface area contributed by atoms with Gasteiger partial charge in [-0.1, -0.05) is 42.5 Å². The topological polar surface area (TPSA) is 32.8 Å². The van der Waals surface area contributed by atoms with Crippen molar-refractivity contribution in [1.82, 2.24) is 4.90 Å². The molecule has 2 aromatic carbocycles. The predicted molar refractivity (Wildman–Crippen MR) is 116 cm³/mol. The lowest BCUT2D eigenvalue weighted by Crippen LogP contribution is -2.50. The molecule has 0 amide bonds. The van der Waals surface area contributed by atoms with Crippen LogP contribution in [-0.4, -0.2) is 56.4 Å². The number of piperazine rings is 1. The number of methoxy groups -OCH3 is 1. The lowest BCUT2D eigenvalue weighted by atomic mass is 10.0. The van der Waals surface area contributed by atoms with Crippen molar-refractivity contribution >= 4 is 36.3 Å². The average Bonchev–Trinajstić information content (AvgIpc) is 2.73. The average molecular weight is 447 g/mol. The molecule has 1 fully saturated rings. The Morgan fingerprint density at radius 3 is 2.17 bits per heavy atom. The van der Waals surface area contributed by atoms with Crippen LogP contribution in [0.1, 0.15) is 16.8 Å². The van der Waals surface area contributed by atoms with Gasteiger partial charge in [0.1, 0.15) is 5.75 Å². The summed E-state index contributed by atoms with van der Waals surface area (Å²) >= 11 is 0. The molecule has 4 nitrogen and oxygen atoms in total. The molecular weight excluding hydrogens is 421 g/mol. The van der Waals surface area contributed by atoms with Crippen LogP contribution in [0.3, 0.4) is 0 Å². The molecule has 1 aliphatic heterocycles. The number of nitrogens with zero attached hydrogens (tertiary/aromatic N) is 2. The second-order valence-corrected chi connectivity index (χ2v) is 6.56. The van der Waals surface area contributed by atoms with Crippen molar-refractivity contribution < 1.29 is 18.3 Å². The summed E-state index contributed by atoms with van der Waals surface area (Å²) in [6.07, 6.45) is -3.76. The number of anilines is 1. The first-order valence-corrected chi connectivity index (χ1v) is 9.09. The molecule has 0 spiro atoms. The summed E-state index contributed by atoms with van der Waals surface area (Å²) in [5, 5.41) is 0. The third-order valence-corrected chi connectivity index (χ3v) is 4.88. The molecule has 1 heterocycles. The SMILES string of the molecule is COc1ccccc1N1CCN(C(F)CC(F)C(=O)c2ccccc2)CC1.Cl.Cl. The number of rotatable bonds is 7. The molecule has 1 saturated heterocycles. The van der Waals surface area contributed by atoms with Crippen LogP contribution in [0.15, 0.2) is 54.6 Å². The van der Waals surface area contributed by atoms with Crippen molar-refractivity contribution in [3.8, 4) is 5.75 Å². The van der Waals surface area contributed by atoms with Crippen molar-refractivity contribution in [3.05, 3.63) is 60.2 Å². The maximum absolute atomic E-state index is 14.6. The highest BCUT2D eigenvalue weighted by atomic mass is 35.5. The Balaban J connectivity index is 0.00000210. The summed E-state index contributed by atoms with van der Waals surface area (Å²) in [6.45, 7) is 2.16. The Labute approximate surface area is 182 Å². The number of para-hydroxylation sites is 2. The minimum absolute atomic E-state index is 0. The van der Waals surface area contributed by atoms with Crippen molar-refractivity contribution in [3.63, 3.8) is 0 Å². The molecule has 29 heavy (non-hydrogen) atoms. The molecule has 0 aromatic heterocycles. The van der Waals surface area contributed by atoms with Crippen molar-refractivity contribution in [2.45, 2.75) is 18.9 Å². The third-order valence-electron chi connectivity index (χ3n) is 4.88. The van der Waals surface area contributed by atoms with E-state index >= 15 is 0 Å². The highest BCUT2D eigenvalue weighted by molar-refractivity contribution is 5.99. The van der Waals surface area contributed by atoms with Gasteiger partial charge in [-0.3, -0.25) is 9.69 Å². The summed E-state index contributed by atoms with van der Waals surface area (Å²) < 4.78 is 34.2. The predicted octanol–water partition coefficient (Wildman–Crippen LogP) is 4.57. The van der Waals surface area contributed by atoms with Crippen LogP contribution in [0.5, 0.6) is 5.75 Å². The van der Waals surface area contributed by atoms with E-state index in [1.165, 1.54) is 0 Å². The number of halogens is 4. The first-order valence-electron chi connectivity index (χ1n) is 9.09. The minimum Gasteiger partial charge on any atom is -0.495 e. The lowest BCUT2D eigenvalue weighted by molar-refractivity contribution is 0.0438. The van der Waals surface area contributed by atoms with Crippen molar-refractivity contribution in [2.24, 2.45) is 0 Å². The standard InChI is InChI=1S/C21H24F2N2O2.2ClH/c1-27-19-10-6-5-9-18(19)24-11-13-25(14-12-24)20(23)15-17(22)21(26)16-7-3-2-4-8-16;;/h2-10,17,20H,11-15H2,1H3;2*1H. The molecular formula is C21H26Cl2F2N2O2. The van der Waals surface area contributed by atoms with Crippen LogP contribution in [0.2, 0.25) is 0 Å². The number of hydrogen-bond donors (Lipinski definition) is 0. The van der Waals surface area contributed by atoms with Gasteiger partial charge in [-0.15, -0.1) is 24.8 Å². The number of ketones is 1. The summed E-state index contributed by atoms with van der Waals surface area (Å²) in [4.78, 5) is 15.8. The van der Waals surface area contributed by atoms with Gasteiger partial charge in [0.15, 0.2) is 18.3 Å². The highest BCUT2D eigenvalue weighted by Gasteiger charge is 2.29. The fourth-order valence-electron chi connectivity index (χ4n) is 3.34. The molecule has 2 unspecified atom stereocenters. The van der Waals surface area contributed by atoms with Gasteiger partial charge in [0.05, 0.1) is 12.8 Å². The van der Waals surface area contributed by atoms with Gasteiger partial charge in [0.2, 0.25) is 0 Å². The van der Waals surface area contributed by atoms with Crippen LogP contribution < -0.4 is 9.64 Å². The highest BCUT2D eigenvalue weighted by Crippen LogP contribution is 2.29. The molecule has 2 aromatic rings. The largest absolute Gasteiger partial charge is 0.495 e. The maximum Gasteiger partial charge on any atom is 0.197 e. The van der Waals surface area contributed by atoms with E-state index in [9.17, 15) is 13.6 Å². The monoisotopic (exact) mass is 446 g/mol. The second-order valence-electron chi connectivity index (χ2n) is 6.56. The number of alkyl halides is 2. The normalized spacial score (nSPS) is 16.2. The molecule has 0 bridgehead atoms. The van der Waals surface area contributed by atoms with Crippen LogP contribution in [0.4, 0.5) is 14.5 Å². The fourth-order valence-corrected chi connectivity index (χ4v) is 3.34. The molecule has 3 rings (SSSR count). The zero-order valence-electron chi connectivity index (χ0n) is 16.2. The number of carbonyl (C=O) groups is 1. The van der Waals surface area contributed by atoms with Gasteiger partial charge in [0.25, 0.3) is 0 Å². The number of carbonyl (C=O) groups excluding carboxylic acids is 1. The summed E-state index contributed by atoms with van der Waals surface area (Å²) in [5.41, 5.74) is 1.25. The lowest BCUT2D eigenvalue weighted by Gasteiger charge is -2.38. The van der Waals surface area contributed by atoms with E-state index in [1.807, 2.05) is 24.3 Å². The van der Waals surface area contributed by atoms with E-state index in [2.05, 4.69) is 4.90 Å². The summed E-state index contributed by atoms with van der Waals surface area (Å²) in [6, 6.07) is 15.9. The third kappa shape index (κ3) is 6.29. The Morgan fingerprint density at radius 1 is 0.966 bits per heavy atom. The van der Waals surface area contributed by atoms with E-state index in [0.717, 1.165) is 11.4 Å². The molecule has 0 saturated carbocycles. The van der Waals surface area contributed by atoms with Crippen molar-refractivity contribution in [2.75, 3.05) is 38.2 Å². The van der Waals surface area contributed by atoms with Gasteiger partial charge in [-0.25, -0.2) is 8.78 Å². The number of hydrogen-bond acceptors (Lipinski definition) is 4. The molecule has 0 radical (unpaired) electrons. The quantitative estimate of drug-likeness (QED) is 0.460. The van der Waals surface area contributed by atoms with Crippen LogP contribution in [-0.2, 0) is 0 Å². The second kappa shape index (κ2) is 12.0. The van der Waals surface area contributed by atoms with Gasteiger partial charge in [-0.2, -0.15) is 0 Å². The Morgan fingerprint density at radius 2 is 1.55 bits per heavy atom. The first-order chi connectivity index (χ1) is 13.1. The first kappa shape index (κ1) is 25.1. The number of Topliss-reactive ketones (excluding diaryl/α,β-unsaturated/α-hetero) is 1. The zero-order chi connectivity index (χ0) is 19.2. The molecule has 0 N–H and O–H groups in total. The molecule has 0 aliphatic carbocycles. The Hall–Kier alpha value is -1.89. The van der Waals surface area contributed by atoms with Crippen molar-refractivity contribution in [1.29, 1.82) is 0 Å². The van der Waals surface area contributed by atoms with E-state index in [0.29, 0.717) is 26.2 Å². The molecule has 8 heteroatoms. The van der Waals surface area contributed by atoms with E-state index < -0.39 is 24.7 Å². The zero-order valence-corrected chi connectivity index (χ0v) is 17.8. The smallest absolute Gasteiger partial charge is 0.197 e. The van der Waals surface area contributed by atoms with Gasteiger partial charge >= 0.3 is 0 Å². The Bertz CT molecular complexity index is 759. The van der Waals surface area contributed by atoms with Crippen LogP contribution >= 0.6 is 24.8 Å². The molecule has 2 atom stereocenters. The molecule has 160 valence electrons. The maximum atomic E-state index is 14.6. The van der Waals surface area contributed by atoms with Gasteiger partial charge in [0, 0.05) is 38.2 Å². The number of benzene rings is 2. The Kier molecular flexibility index (Phi) is 10.4. The van der Waals surface area contributed by atoms with E-state index in [1.54, 1.807) is 42.3 Å². The van der Waals surface area contributed by atoms with Gasteiger partial charge in [-0.05, 0) is 12.1 Å². The summed E-state index contributed by atoms with van der Waals surface area (Å²) in [5.74, 6) is 0.117.